The predicted molar refractivity (Wildman–Crippen MR) is 137 cm³/mol. The third-order valence-electron chi connectivity index (χ3n) is 7.53. The third-order valence-corrected chi connectivity index (χ3v) is 7.53. The fourth-order valence-electron chi connectivity index (χ4n) is 5.56. The van der Waals surface area contributed by atoms with Gasteiger partial charge in [0.05, 0.1) is 17.7 Å². The van der Waals surface area contributed by atoms with E-state index in [0.29, 0.717) is 37.1 Å². The van der Waals surface area contributed by atoms with E-state index in [0.717, 1.165) is 36.9 Å². The summed E-state index contributed by atoms with van der Waals surface area (Å²) in [6, 6.07) is 5.31. The van der Waals surface area contributed by atoms with E-state index >= 15 is 0 Å². The molecule has 1 N–H and O–H groups in total. The molecule has 0 saturated carbocycles. The van der Waals surface area contributed by atoms with Crippen molar-refractivity contribution in [1.82, 2.24) is 29.7 Å². The Morgan fingerprint density at radius 1 is 1.24 bits per heavy atom. The Morgan fingerprint density at radius 2 is 2.00 bits per heavy atom. The number of hydrogen-bond acceptors (Lipinski definition) is 8. The fraction of sp³-hybridized carbons (Fsp3) is 0.600. The molecule has 1 aromatic carbocycles. The average molecular weight is 537 g/mol. The fourth-order valence-corrected chi connectivity index (χ4v) is 5.56. The van der Waals surface area contributed by atoms with E-state index in [1.54, 1.807) is 18.1 Å². The molecule has 12 heteroatoms. The van der Waals surface area contributed by atoms with Crippen molar-refractivity contribution in [1.29, 1.82) is 0 Å². The number of methoxy groups -OCH3 is 1. The van der Waals surface area contributed by atoms with Crippen molar-refractivity contribution in [2.45, 2.75) is 57.1 Å². The number of carbonyl (C=O) groups excluding carboxylic acids is 1. The van der Waals surface area contributed by atoms with Gasteiger partial charge in [0.2, 0.25) is 11.8 Å². The van der Waals surface area contributed by atoms with Crippen LogP contribution < -0.4 is 0 Å². The summed E-state index contributed by atoms with van der Waals surface area (Å²) in [7, 11) is 1.69. The van der Waals surface area contributed by atoms with E-state index in [4.69, 9.17) is 14.4 Å². The first-order valence-electron chi connectivity index (χ1n) is 12.6. The van der Waals surface area contributed by atoms with Crippen molar-refractivity contribution in [3.8, 4) is 5.95 Å². The number of piperidine rings is 2. The standard InChI is InChI=1S/C25H33FN6O4.ClH/c1-15(2)22-18-5-4-6-19(26)23(18)32(28-22)25-27-24(36-29-25)17-9-12-31(13-20(17)35-3)16-7-10-30(11-8-16)21(34)14-33;/h4-6,15-17,20,33H,7-14H2,1-3H3;1H/t17-,20+;/m1./s1. The Labute approximate surface area is 221 Å². The zero-order valence-electron chi connectivity index (χ0n) is 21.3. The molecular formula is C25H34ClFN6O4. The average Bonchev–Trinajstić information content (AvgIpc) is 3.54. The molecule has 0 spiro atoms. The molecular weight excluding hydrogens is 503 g/mol. The summed E-state index contributed by atoms with van der Waals surface area (Å²) in [4.78, 5) is 20.5. The van der Waals surface area contributed by atoms with Crippen LogP contribution >= 0.6 is 12.4 Å². The van der Waals surface area contributed by atoms with Crippen molar-refractivity contribution < 1.29 is 23.6 Å². The number of fused-ring (bicyclic) bond motifs is 1. The number of aromatic nitrogens is 4. The van der Waals surface area contributed by atoms with E-state index in [1.807, 2.05) is 19.9 Å². The first kappa shape index (κ1) is 27.4. The van der Waals surface area contributed by atoms with Gasteiger partial charge in [-0.15, -0.1) is 12.4 Å². The van der Waals surface area contributed by atoms with Crippen molar-refractivity contribution >= 4 is 29.2 Å². The van der Waals surface area contributed by atoms with Gasteiger partial charge in [-0.3, -0.25) is 9.69 Å². The minimum Gasteiger partial charge on any atom is -0.387 e. The Morgan fingerprint density at radius 3 is 2.68 bits per heavy atom. The van der Waals surface area contributed by atoms with Gasteiger partial charge < -0.3 is 19.3 Å². The highest BCUT2D eigenvalue weighted by molar-refractivity contribution is 5.85. The summed E-state index contributed by atoms with van der Waals surface area (Å²) in [5.74, 6) is 0.112. The molecule has 4 heterocycles. The third kappa shape index (κ3) is 5.22. The molecule has 2 atom stereocenters. The lowest BCUT2D eigenvalue weighted by Gasteiger charge is -2.43. The summed E-state index contributed by atoms with van der Waals surface area (Å²) < 4.78 is 27.7. The molecule has 3 aromatic rings. The van der Waals surface area contributed by atoms with Crippen molar-refractivity contribution in [2.75, 3.05) is 39.9 Å². The SMILES string of the molecule is CO[C@H]1CN(C2CCN(C(=O)CO)CC2)CC[C@H]1c1nc(-n2nc(C(C)C)c3cccc(F)c32)no1.Cl. The molecule has 1 amide bonds. The highest BCUT2D eigenvalue weighted by atomic mass is 35.5. The van der Waals surface area contributed by atoms with Crippen LogP contribution in [0.5, 0.6) is 0 Å². The first-order valence-corrected chi connectivity index (χ1v) is 12.6. The van der Waals surface area contributed by atoms with Gasteiger partial charge in [-0.05, 0) is 42.9 Å². The van der Waals surface area contributed by atoms with Gasteiger partial charge in [-0.25, -0.2) is 4.39 Å². The number of likely N-dealkylation sites (tertiary alicyclic amines) is 2. The van der Waals surface area contributed by atoms with Gasteiger partial charge in [-0.2, -0.15) is 14.8 Å². The largest absolute Gasteiger partial charge is 0.387 e. The van der Waals surface area contributed by atoms with Gasteiger partial charge in [-0.1, -0.05) is 26.0 Å². The summed E-state index contributed by atoms with van der Waals surface area (Å²) in [5.41, 5.74) is 1.13. The maximum absolute atomic E-state index is 14.8. The molecule has 0 aliphatic carbocycles. The van der Waals surface area contributed by atoms with Crippen molar-refractivity contribution in [3.05, 3.63) is 35.6 Å². The lowest BCUT2D eigenvalue weighted by molar-refractivity contribution is -0.136. The maximum Gasteiger partial charge on any atom is 0.291 e. The van der Waals surface area contributed by atoms with Crippen LogP contribution in [0.4, 0.5) is 4.39 Å². The van der Waals surface area contributed by atoms with Crippen LogP contribution in [0.15, 0.2) is 22.7 Å². The Kier molecular flexibility index (Phi) is 8.47. The second kappa shape index (κ2) is 11.4. The van der Waals surface area contributed by atoms with Crippen molar-refractivity contribution in [2.24, 2.45) is 0 Å². The topological polar surface area (TPSA) is 110 Å². The van der Waals surface area contributed by atoms with Gasteiger partial charge in [0.25, 0.3) is 5.95 Å². The zero-order valence-corrected chi connectivity index (χ0v) is 22.2. The minimum atomic E-state index is -0.437. The van der Waals surface area contributed by atoms with Gasteiger partial charge >= 0.3 is 0 Å². The molecule has 5 rings (SSSR count). The van der Waals surface area contributed by atoms with E-state index in [2.05, 4.69) is 20.1 Å². The Bertz CT molecular complexity index is 1230. The molecule has 2 saturated heterocycles. The molecule has 2 fully saturated rings. The number of aliphatic hydroxyl groups is 1. The summed E-state index contributed by atoms with van der Waals surface area (Å²) in [5, 5.41) is 18.6. The summed E-state index contributed by atoms with van der Waals surface area (Å²) in [6.07, 6.45) is 2.38. The Hall–Kier alpha value is -2.60. The normalized spacial score (nSPS) is 21.5. The smallest absolute Gasteiger partial charge is 0.291 e. The lowest BCUT2D eigenvalue weighted by atomic mass is 9.91. The first-order chi connectivity index (χ1) is 17.4. The second-order valence-corrected chi connectivity index (χ2v) is 9.95. The molecule has 2 aromatic heterocycles. The van der Waals surface area contributed by atoms with Gasteiger partial charge in [0, 0.05) is 38.2 Å². The van der Waals surface area contributed by atoms with E-state index in [9.17, 15) is 9.18 Å². The molecule has 0 unspecified atom stereocenters. The number of amides is 1. The van der Waals surface area contributed by atoms with Crippen LogP contribution in [-0.4, -0.2) is 92.8 Å². The number of benzene rings is 1. The summed E-state index contributed by atoms with van der Waals surface area (Å²) in [6.45, 7) is 6.47. The number of hydrogen-bond donors (Lipinski definition) is 1. The zero-order chi connectivity index (χ0) is 25.4. The van der Waals surface area contributed by atoms with Crippen LogP contribution in [0.25, 0.3) is 16.9 Å². The minimum absolute atomic E-state index is 0. The molecule has 2 aliphatic heterocycles. The predicted octanol–water partition coefficient (Wildman–Crippen LogP) is 2.88. The number of aliphatic hydroxyl groups excluding tert-OH is 1. The molecule has 202 valence electrons. The van der Waals surface area contributed by atoms with Crippen LogP contribution in [0.2, 0.25) is 0 Å². The number of nitrogens with zero attached hydrogens (tertiary/aromatic N) is 6. The Balaban J connectivity index is 0.00000320. The maximum atomic E-state index is 14.8. The number of rotatable bonds is 6. The van der Waals surface area contributed by atoms with Gasteiger partial charge in [0.1, 0.15) is 17.9 Å². The van der Waals surface area contributed by atoms with E-state index in [1.165, 1.54) is 10.7 Å². The monoisotopic (exact) mass is 536 g/mol. The molecule has 37 heavy (non-hydrogen) atoms. The van der Waals surface area contributed by atoms with E-state index in [-0.39, 0.29) is 48.0 Å². The number of carbonyl (C=O) groups is 1. The van der Waals surface area contributed by atoms with Crippen LogP contribution in [0, 0.1) is 5.82 Å². The second-order valence-electron chi connectivity index (χ2n) is 9.95. The van der Waals surface area contributed by atoms with Crippen LogP contribution in [0.3, 0.4) is 0 Å². The lowest BCUT2D eigenvalue weighted by Crippen LogP contribution is -2.52. The highest BCUT2D eigenvalue weighted by Gasteiger charge is 2.38. The molecule has 10 nitrogen and oxygen atoms in total. The molecule has 0 radical (unpaired) electrons. The van der Waals surface area contributed by atoms with Crippen molar-refractivity contribution in [3.63, 3.8) is 0 Å². The number of ether oxygens (including phenoxy) is 1. The molecule has 0 bridgehead atoms. The van der Waals surface area contributed by atoms with E-state index < -0.39 is 6.61 Å². The number of para-hydroxylation sites is 1. The number of halogens is 2. The molecule has 2 aliphatic rings. The summed E-state index contributed by atoms with van der Waals surface area (Å²) >= 11 is 0. The quantitative estimate of drug-likeness (QED) is 0.512. The van der Waals surface area contributed by atoms with Crippen LogP contribution in [0.1, 0.15) is 56.5 Å². The van der Waals surface area contributed by atoms with Crippen LogP contribution in [-0.2, 0) is 9.53 Å². The highest BCUT2D eigenvalue weighted by Crippen LogP contribution is 2.33. The van der Waals surface area contributed by atoms with Gasteiger partial charge in [0.15, 0.2) is 0 Å².